The maximum Gasteiger partial charge on any atom is 0.328 e. The second-order valence-corrected chi connectivity index (χ2v) is 7.82. The third kappa shape index (κ3) is 4.80. The summed E-state index contributed by atoms with van der Waals surface area (Å²) < 4.78 is 26.6. The molecule has 1 fully saturated rings. The average Bonchev–Trinajstić information content (AvgIpc) is 2.57. The molecular weight excluding hydrogens is 328 g/mol. The Bertz CT molecular complexity index is 664. The highest BCUT2D eigenvalue weighted by Gasteiger charge is 2.21. The molecule has 7 heteroatoms. The van der Waals surface area contributed by atoms with Crippen molar-refractivity contribution in [2.24, 2.45) is 0 Å². The lowest BCUT2D eigenvalue weighted by molar-refractivity contribution is -0.109. The molecule has 1 aliphatic carbocycles. The maximum absolute atomic E-state index is 12.3. The lowest BCUT2D eigenvalue weighted by atomic mass is 9.96. The molecule has 0 aromatic heterocycles. The van der Waals surface area contributed by atoms with Gasteiger partial charge in [0.1, 0.15) is 6.29 Å². The molecule has 0 saturated heterocycles. The SMILES string of the molecule is CCC(C=O)c1ccc(S(=O)(=O)NC(=O)NC2CCCCC2)cc1. The van der Waals surface area contributed by atoms with E-state index in [4.69, 9.17) is 0 Å². The normalized spacial score (nSPS) is 17.0. The van der Waals surface area contributed by atoms with Crippen LogP contribution in [0.4, 0.5) is 4.79 Å². The Kier molecular flexibility index (Phi) is 6.36. The van der Waals surface area contributed by atoms with Gasteiger partial charge in [0, 0.05) is 12.0 Å². The van der Waals surface area contributed by atoms with Crippen molar-refractivity contribution >= 4 is 22.3 Å². The molecule has 1 aliphatic rings. The van der Waals surface area contributed by atoms with Gasteiger partial charge in [0.2, 0.25) is 0 Å². The van der Waals surface area contributed by atoms with Gasteiger partial charge in [-0.25, -0.2) is 17.9 Å². The molecule has 1 atom stereocenters. The highest BCUT2D eigenvalue weighted by Crippen LogP contribution is 2.20. The molecule has 0 bridgehead atoms. The van der Waals surface area contributed by atoms with Crippen molar-refractivity contribution < 1.29 is 18.0 Å². The summed E-state index contributed by atoms with van der Waals surface area (Å²) in [6.07, 6.45) is 6.52. The van der Waals surface area contributed by atoms with E-state index in [0.29, 0.717) is 6.42 Å². The van der Waals surface area contributed by atoms with Crippen molar-refractivity contribution in [3.05, 3.63) is 29.8 Å². The van der Waals surface area contributed by atoms with Crippen molar-refractivity contribution in [2.45, 2.75) is 62.3 Å². The summed E-state index contributed by atoms with van der Waals surface area (Å²) >= 11 is 0. The quantitative estimate of drug-likeness (QED) is 0.770. The van der Waals surface area contributed by atoms with E-state index in [2.05, 4.69) is 5.32 Å². The number of carbonyl (C=O) groups is 2. The van der Waals surface area contributed by atoms with Crippen LogP contribution in [0.5, 0.6) is 0 Å². The fraction of sp³-hybridized carbons (Fsp3) is 0.529. The van der Waals surface area contributed by atoms with Gasteiger partial charge in [0.25, 0.3) is 10.0 Å². The molecule has 1 saturated carbocycles. The highest BCUT2D eigenvalue weighted by molar-refractivity contribution is 7.90. The van der Waals surface area contributed by atoms with E-state index in [0.717, 1.165) is 44.0 Å². The molecule has 132 valence electrons. The van der Waals surface area contributed by atoms with Crippen molar-refractivity contribution in [3.8, 4) is 0 Å². The van der Waals surface area contributed by atoms with Crippen LogP contribution in [-0.4, -0.2) is 26.8 Å². The Morgan fingerprint density at radius 3 is 2.38 bits per heavy atom. The molecule has 1 unspecified atom stereocenters. The zero-order chi connectivity index (χ0) is 17.6. The largest absolute Gasteiger partial charge is 0.335 e. The topological polar surface area (TPSA) is 92.3 Å². The number of benzene rings is 1. The summed E-state index contributed by atoms with van der Waals surface area (Å²) in [7, 11) is -3.92. The van der Waals surface area contributed by atoms with Crippen molar-refractivity contribution in [3.63, 3.8) is 0 Å². The smallest absolute Gasteiger partial charge is 0.328 e. The summed E-state index contributed by atoms with van der Waals surface area (Å²) in [5.74, 6) is -0.246. The summed E-state index contributed by atoms with van der Waals surface area (Å²) in [4.78, 5) is 22.9. The van der Waals surface area contributed by atoms with Crippen LogP contribution in [0, 0.1) is 0 Å². The van der Waals surface area contributed by atoms with E-state index < -0.39 is 16.1 Å². The molecule has 0 spiro atoms. The van der Waals surface area contributed by atoms with Crippen LogP contribution in [0.2, 0.25) is 0 Å². The van der Waals surface area contributed by atoms with E-state index in [1.165, 1.54) is 12.1 Å². The first-order valence-corrected chi connectivity index (χ1v) is 9.83. The van der Waals surface area contributed by atoms with Gasteiger partial charge in [-0.3, -0.25) is 0 Å². The third-order valence-electron chi connectivity index (χ3n) is 4.39. The van der Waals surface area contributed by atoms with Crippen LogP contribution in [0.1, 0.15) is 56.9 Å². The minimum absolute atomic E-state index is 0.00537. The Hall–Kier alpha value is -1.89. The second kappa shape index (κ2) is 8.28. The predicted octanol–water partition coefficient (Wildman–Crippen LogP) is 2.70. The fourth-order valence-electron chi connectivity index (χ4n) is 2.95. The Morgan fingerprint density at radius 1 is 1.21 bits per heavy atom. The number of amides is 2. The first-order valence-electron chi connectivity index (χ1n) is 8.35. The third-order valence-corrected chi connectivity index (χ3v) is 5.74. The minimum Gasteiger partial charge on any atom is -0.335 e. The van der Waals surface area contributed by atoms with E-state index >= 15 is 0 Å². The first kappa shape index (κ1) is 18.4. The van der Waals surface area contributed by atoms with E-state index in [9.17, 15) is 18.0 Å². The molecule has 0 radical (unpaired) electrons. The lowest BCUT2D eigenvalue weighted by Crippen LogP contribution is -2.45. The Labute approximate surface area is 143 Å². The molecule has 1 aromatic rings. The summed E-state index contributed by atoms with van der Waals surface area (Å²) in [6.45, 7) is 1.89. The predicted molar refractivity (Wildman–Crippen MR) is 91.3 cm³/mol. The van der Waals surface area contributed by atoms with Gasteiger partial charge in [-0.15, -0.1) is 0 Å². The van der Waals surface area contributed by atoms with Crippen molar-refractivity contribution in [2.75, 3.05) is 0 Å². The van der Waals surface area contributed by atoms with Crippen LogP contribution >= 0.6 is 0 Å². The Morgan fingerprint density at radius 2 is 1.83 bits per heavy atom. The van der Waals surface area contributed by atoms with Gasteiger partial charge in [-0.2, -0.15) is 0 Å². The fourth-order valence-corrected chi connectivity index (χ4v) is 3.86. The number of nitrogens with one attached hydrogen (secondary N) is 2. The molecule has 2 rings (SSSR count). The zero-order valence-electron chi connectivity index (χ0n) is 13.8. The number of hydrogen-bond donors (Lipinski definition) is 2. The molecule has 6 nitrogen and oxygen atoms in total. The molecule has 0 aliphatic heterocycles. The van der Waals surface area contributed by atoms with E-state index in [1.54, 1.807) is 12.1 Å². The maximum atomic E-state index is 12.3. The van der Waals surface area contributed by atoms with Crippen molar-refractivity contribution in [1.82, 2.24) is 10.0 Å². The first-order chi connectivity index (χ1) is 11.5. The molecule has 2 N–H and O–H groups in total. The zero-order valence-corrected chi connectivity index (χ0v) is 14.6. The number of carbonyl (C=O) groups excluding carboxylic acids is 2. The highest BCUT2D eigenvalue weighted by atomic mass is 32.2. The molecular formula is C17H24N2O4S. The van der Waals surface area contributed by atoms with Crippen LogP contribution in [0.3, 0.4) is 0 Å². The number of aldehydes is 1. The van der Waals surface area contributed by atoms with Crippen molar-refractivity contribution in [1.29, 1.82) is 0 Å². The minimum atomic E-state index is -3.92. The second-order valence-electron chi connectivity index (χ2n) is 6.13. The number of urea groups is 1. The van der Waals surface area contributed by atoms with Crippen LogP contribution in [-0.2, 0) is 14.8 Å². The van der Waals surface area contributed by atoms with E-state index in [-0.39, 0.29) is 16.9 Å². The average molecular weight is 352 g/mol. The standard InChI is InChI=1S/C17H24N2O4S/c1-2-13(12-20)14-8-10-16(11-9-14)24(22,23)19-17(21)18-15-6-4-3-5-7-15/h8-13,15H,2-7H2,1H3,(H2,18,19,21). The van der Waals surface area contributed by atoms with Crippen LogP contribution in [0.25, 0.3) is 0 Å². The number of hydrogen-bond acceptors (Lipinski definition) is 4. The number of sulfonamides is 1. The molecule has 1 aromatic carbocycles. The van der Waals surface area contributed by atoms with Gasteiger partial charge in [0.15, 0.2) is 0 Å². The van der Waals surface area contributed by atoms with E-state index in [1.807, 2.05) is 11.6 Å². The van der Waals surface area contributed by atoms with Gasteiger partial charge in [-0.1, -0.05) is 38.3 Å². The number of rotatable bonds is 6. The van der Waals surface area contributed by atoms with Gasteiger partial charge < -0.3 is 10.1 Å². The van der Waals surface area contributed by atoms with Gasteiger partial charge in [0.05, 0.1) is 4.90 Å². The van der Waals surface area contributed by atoms with Crippen LogP contribution in [0.15, 0.2) is 29.2 Å². The summed E-state index contributed by atoms with van der Waals surface area (Å²) in [6, 6.07) is 5.39. The molecule has 24 heavy (non-hydrogen) atoms. The monoisotopic (exact) mass is 352 g/mol. The van der Waals surface area contributed by atoms with Crippen LogP contribution < -0.4 is 10.0 Å². The molecule has 2 amide bonds. The molecule has 0 heterocycles. The summed E-state index contributed by atoms with van der Waals surface area (Å²) in [5.41, 5.74) is 0.762. The van der Waals surface area contributed by atoms with Gasteiger partial charge >= 0.3 is 6.03 Å². The Balaban J connectivity index is 2.01. The van der Waals surface area contributed by atoms with Gasteiger partial charge in [-0.05, 0) is 37.0 Å². The lowest BCUT2D eigenvalue weighted by Gasteiger charge is -2.22. The summed E-state index contributed by atoms with van der Waals surface area (Å²) in [5, 5.41) is 2.72.